The zero-order valence-electron chi connectivity index (χ0n) is 11.7. The molecule has 22 heavy (non-hydrogen) atoms. The predicted octanol–water partition coefficient (Wildman–Crippen LogP) is 2.12. The molecule has 2 N–H and O–H groups in total. The van der Waals surface area contributed by atoms with E-state index in [0.29, 0.717) is 17.6 Å². The van der Waals surface area contributed by atoms with Crippen LogP contribution < -0.4 is 9.44 Å². The summed E-state index contributed by atoms with van der Waals surface area (Å²) >= 11 is 0. The Kier molecular flexibility index (Phi) is 3.94. The Morgan fingerprint density at radius 1 is 1.00 bits per heavy atom. The summed E-state index contributed by atoms with van der Waals surface area (Å²) in [5.41, 5.74) is 2.34. The molecule has 4 nitrogen and oxygen atoms in total. The van der Waals surface area contributed by atoms with Crippen LogP contribution in [0.2, 0.25) is 0 Å². The van der Waals surface area contributed by atoms with Crippen LogP contribution in [-0.4, -0.2) is 20.8 Å². The van der Waals surface area contributed by atoms with Gasteiger partial charge < -0.3 is 0 Å². The average Bonchev–Trinajstić information content (AvgIpc) is 2.62. The van der Waals surface area contributed by atoms with Gasteiger partial charge in [-0.1, -0.05) is 24.3 Å². The lowest BCUT2D eigenvalue weighted by Crippen LogP contribution is -2.51. The minimum Gasteiger partial charge on any atom is -0.198 e. The Labute approximate surface area is 127 Å². The Bertz CT molecular complexity index is 627. The van der Waals surface area contributed by atoms with Crippen molar-refractivity contribution in [3.8, 4) is 0 Å². The van der Waals surface area contributed by atoms with Gasteiger partial charge in [0.1, 0.15) is 0 Å². The van der Waals surface area contributed by atoms with Gasteiger partial charge in [0.25, 0.3) is 10.2 Å². The predicted molar refractivity (Wildman–Crippen MR) is 75.1 cm³/mol. The highest BCUT2D eigenvalue weighted by Gasteiger charge is 2.43. The lowest BCUT2D eigenvalue weighted by Gasteiger charge is -2.24. The van der Waals surface area contributed by atoms with Gasteiger partial charge in [0.05, 0.1) is 0 Å². The standard InChI is InChI=1S/C14H17F3N2O2S/c15-14(16,17)19-22(20,21)18-13-11-5-6-12(13)8-10-4-2-1-3-9(10)7-11/h1-4,11-13,18-19H,5-8H2/t11-,12+,13?. The summed E-state index contributed by atoms with van der Waals surface area (Å²) in [6.07, 6.45) is -1.90. The molecule has 1 aromatic rings. The van der Waals surface area contributed by atoms with Crippen molar-refractivity contribution in [3.05, 3.63) is 35.4 Å². The van der Waals surface area contributed by atoms with E-state index in [-0.39, 0.29) is 11.8 Å². The van der Waals surface area contributed by atoms with E-state index in [2.05, 4.69) is 4.72 Å². The van der Waals surface area contributed by atoms with E-state index >= 15 is 0 Å². The molecular formula is C14H17F3N2O2S. The summed E-state index contributed by atoms with van der Waals surface area (Å²) < 4.78 is 63.1. The van der Waals surface area contributed by atoms with Crippen molar-refractivity contribution in [2.24, 2.45) is 11.8 Å². The molecule has 0 radical (unpaired) electrons. The van der Waals surface area contributed by atoms with Crippen molar-refractivity contribution in [2.75, 3.05) is 0 Å². The summed E-state index contributed by atoms with van der Waals surface area (Å²) in [5, 5.41) is 0. The first-order chi connectivity index (χ1) is 10.2. The summed E-state index contributed by atoms with van der Waals surface area (Å²) in [7, 11) is -4.59. The smallest absolute Gasteiger partial charge is 0.198 e. The van der Waals surface area contributed by atoms with Gasteiger partial charge in [0.2, 0.25) is 0 Å². The number of rotatable bonds is 3. The molecule has 0 aromatic heterocycles. The molecule has 0 aliphatic heterocycles. The molecule has 8 heteroatoms. The maximum absolute atomic E-state index is 12.3. The van der Waals surface area contributed by atoms with Gasteiger partial charge in [-0.2, -0.15) is 26.3 Å². The van der Waals surface area contributed by atoms with Crippen LogP contribution >= 0.6 is 0 Å². The molecule has 0 amide bonds. The second kappa shape index (κ2) is 5.50. The van der Waals surface area contributed by atoms with E-state index in [1.54, 1.807) is 0 Å². The van der Waals surface area contributed by atoms with Crippen molar-refractivity contribution in [3.63, 3.8) is 0 Å². The highest BCUT2D eigenvalue weighted by Crippen LogP contribution is 2.40. The second-order valence-electron chi connectivity index (χ2n) is 6.02. The molecule has 1 saturated carbocycles. The minimum absolute atomic E-state index is 0.0402. The van der Waals surface area contributed by atoms with Crippen molar-refractivity contribution < 1.29 is 21.6 Å². The van der Waals surface area contributed by atoms with Gasteiger partial charge in [0.15, 0.2) is 0 Å². The van der Waals surface area contributed by atoms with Gasteiger partial charge in [-0.15, -0.1) is 4.72 Å². The fraction of sp³-hybridized carbons (Fsp3) is 0.571. The van der Waals surface area contributed by atoms with Crippen LogP contribution in [0.1, 0.15) is 24.0 Å². The molecule has 2 aliphatic rings. The number of hydrogen-bond acceptors (Lipinski definition) is 2. The molecule has 2 bridgehead atoms. The van der Waals surface area contributed by atoms with E-state index in [0.717, 1.165) is 12.8 Å². The van der Waals surface area contributed by atoms with Crippen LogP contribution in [0, 0.1) is 11.8 Å². The van der Waals surface area contributed by atoms with Crippen molar-refractivity contribution in [2.45, 2.75) is 38.0 Å². The minimum atomic E-state index is -4.96. The van der Waals surface area contributed by atoms with Gasteiger partial charge >= 0.3 is 6.30 Å². The fourth-order valence-corrected chi connectivity index (χ4v) is 4.81. The molecule has 3 atom stereocenters. The highest BCUT2D eigenvalue weighted by atomic mass is 32.2. The molecule has 122 valence electrons. The summed E-state index contributed by atoms with van der Waals surface area (Å²) in [6.45, 7) is 0. The topological polar surface area (TPSA) is 58.2 Å². The molecular weight excluding hydrogens is 317 g/mol. The lowest BCUT2D eigenvalue weighted by atomic mass is 9.94. The van der Waals surface area contributed by atoms with Crippen LogP contribution in [0.3, 0.4) is 0 Å². The van der Waals surface area contributed by atoms with Crippen LogP contribution in [-0.2, 0) is 23.1 Å². The zero-order valence-corrected chi connectivity index (χ0v) is 12.5. The van der Waals surface area contributed by atoms with Crippen LogP contribution in [0.4, 0.5) is 13.2 Å². The van der Waals surface area contributed by atoms with Crippen molar-refractivity contribution >= 4 is 10.2 Å². The number of nitrogens with one attached hydrogen (secondary N) is 2. The molecule has 0 spiro atoms. The molecule has 3 rings (SSSR count). The largest absolute Gasteiger partial charge is 0.471 e. The summed E-state index contributed by atoms with van der Waals surface area (Å²) in [4.78, 5) is 0. The fourth-order valence-electron chi connectivity index (χ4n) is 3.70. The quantitative estimate of drug-likeness (QED) is 0.832. The van der Waals surface area contributed by atoms with Gasteiger partial charge in [-0.25, -0.2) is 0 Å². The normalized spacial score (nSPS) is 28.2. The summed E-state index contributed by atoms with van der Waals surface area (Å²) in [5.74, 6) is 0.0805. The average molecular weight is 334 g/mol. The van der Waals surface area contributed by atoms with Crippen LogP contribution in [0.25, 0.3) is 0 Å². The first kappa shape index (κ1) is 15.8. The van der Waals surface area contributed by atoms with Gasteiger partial charge in [-0.3, -0.25) is 0 Å². The maximum atomic E-state index is 12.3. The molecule has 1 unspecified atom stereocenters. The van der Waals surface area contributed by atoms with Crippen LogP contribution in [0.5, 0.6) is 0 Å². The number of halogens is 3. The number of benzene rings is 1. The molecule has 0 heterocycles. The molecule has 1 fully saturated rings. The number of alkyl halides is 3. The number of hydrogen-bond donors (Lipinski definition) is 2. The third kappa shape index (κ3) is 3.44. The van der Waals surface area contributed by atoms with Crippen molar-refractivity contribution in [1.82, 2.24) is 9.44 Å². The van der Waals surface area contributed by atoms with E-state index in [4.69, 9.17) is 0 Å². The van der Waals surface area contributed by atoms with E-state index in [1.807, 2.05) is 24.3 Å². The Morgan fingerprint density at radius 2 is 1.50 bits per heavy atom. The van der Waals surface area contributed by atoms with Crippen molar-refractivity contribution in [1.29, 1.82) is 0 Å². The van der Waals surface area contributed by atoms with E-state index < -0.39 is 22.6 Å². The second-order valence-corrected chi connectivity index (χ2v) is 7.47. The Hall–Kier alpha value is -1.12. The SMILES string of the molecule is O=S(=O)(NC1[C@@H]2CC[C@H]1Cc1ccccc1C2)NC(F)(F)F. The first-order valence-corrected chi connectivity index (χ1v) is 8.66. The number of fused-ring (bicyclic) bond motifs is 3. The van der Waals surface area contributed by atoms with E-state index in [9.17, 15) is 21.6 Å². The molecule has 0 saturated heterocycles. The first-order valence-electron chi connectivity index (χ1n) is 7.18. The monoisotopic (exact) mass is 334 g/mol. The van der Waals surface area contributed by atoms with Crippen LogP contribution in [0.15, 0.2) is 24.3 Å². The maximum Gasteiger partial charge on any atom is 0.471 e. The Balaban J connectivity index is 1.79. The highest BCUT2D eigenvalue weighted by molar-refractivity contribution is 7.87. The third-order valence-electron chi connectivity index (χ3n) is 4.55. The Morgan fingerprint density at radius 3 is 1.95 bits per heavy atom. The van der Waals surface area contributed by atoms with Gasteiger partial charge in [0, 0.05) is 6.04 Å². The molecule has 2 aliphatic carbocycles. The van der Waals surface area contributed by atoms with E-state index in [1.165, 1.54) is 11.1 Å². The lowest BCUT2D eigenvalue weighted by molar-refractivity contribution is -0.138. The zero-order chi connectivity index (χ0) is 16.0. The molecule has 1 aromatic carbocycles. The van der Waals surface area contributed by atoms with Gasteiger partial charge in [-0.05, 0) is 48.6 Å². The summed E-state index contributed by atoms with van der Waals surface area (Å²) in [6, 6.07) is 7.43. The third-order valence-corrected chi connectivity index (χ3v) is 5.63.